The normalized spacial score (nSPS) is 10.0. The Balaban J connectivity index is 0.00000243. The van der Waals surface area contributed by atoms with Crippen LogP contribution in [0.25, 0.3) is 11.3 Å². The zero-order valence-corrected chi connectivity index (χ0v) is 15.7. The molecular formula is C18H13BrClN3O3. The number of halogens is 2. The summed E-state index contributed by atoms with van der Waals surface area (Å²) in [5.41, 5.74) is 1.69. The van der Waals surface area contributed by atoms with Gasteiger partial charge in [0.15, 0.2) is 12.2 Å². The van der Waals surface area contributed by atoms with Crippen molar-refractivity contribution in [3.8, 4) is 11.3 Å². The van der Waals surface area contributed by atoms with Crippen molar-refractivity contribution in [2.24, 2.45) is 0 Å². The lowest BCUT2D eigenvalue weighted by Crippen LogP contribution is -3.00. The molecule has 0 radical (unpaired) electrons. The highest BCUT2D eigenvalue weighted by Gasteiger charge is 2.15. The summed E-state index contributed by atoms with van der Waals surface area (Å²) >= 11 is 6.15. The van der Waals surface area contributed by atoms with Crippen molar-refractivity contribution in [2.45, 2.75) is 6.54 Å². The van der Waals surface area contributed by atoms with E-state index in [4.69, 9.17) is 11.6 Å². The van der Waals surface area contributed by atoms with Gasteiger partial charge in [-0.25, -0.2) is 4.57 Å². The Morgan fingerprint density at radius 2 is 1.92 bits per heavy atom. The van der Waals surface area contributed by atoms with Crippen molar-refractivity contribution in [1.29, 1.82) is 0 Å². The van der Waals surface area contributed by atoms with Crippen molar-refractivity contribution < 1.29 is 31.3 Å². The minimum atomic E-state index is -0.524. The van der Waals surface area contributed by atoms with Crippen LogP contribution in [0.2, 0.25) is 5.02 Å². The Bertz CT molecular complexity index is 948. The molecule has 0 N–H and O–H groups in total. The summed E-state index contributed by atoms with van der Waals surface area (Å²) in [5.74, 6) is -0.235. The summed E-state index contributed by atoms with van der Waals surface area (Å²) in [6.45, 7) is 0.0387. The molecule has 1 aromatic heterocycles. The van der Waals surface area contributed by atoms with Crippen LogP contribution in [-0.2, 0) is 6.54 Å². The van der Waals surface area contributed by atoms with Crippen LogP contribution < -0.4 is 21.5 Å². The van der Waals surface area contributed by atoms with Gasteiger partial charge in [-0.3, -0.25) is 14.9 Å². The van der Waals surface area contributed by atoms with Crippen molar-refractivity contribution in [2.75, 3.05) is 0 Å². The van der Waals surface area contributed by atoms with E-state index in [9.17, 15) is 14.9 Å². The molecule has 0 unspecified atom stereocenters. The zero-order valence-electron chi connectivity index (χ0n) is 13.4. The molecule has 8 heteroatoms. The molecule has 132 valence electrons. The molecule has 0 amide bonds. The van der Waals surface area contributed by atoms with Crippen molar-refractivity contribution in [1.82, 2.24) is 4.98 Å². The second-order valence-corrected chi connectivity index (χ2v) is 5.74. The number of nitro benzene ring substituents is 1. The second-order valence-electron chi connectivity index (χ2n) is 5.33. The first-order valence-corrected chi connectivity index (χ1v) is 7.80. The van der Waals surface area contributed by atoms with Gasteiger partial charge in [0.25, 0.3) is 12.0 Å². The molecule has 0 aliphatic carbocycles. The number of nitrogens with zero attached hydrogens (tertiary/aromatic N) is 3. The average molecular weight is 435 g/mol. The predicted octanol–water partition coefficient (Wildman–Crippen LogP) is 0.485. The van der Waals surface area contributed by atoms with E-state index in [0.29, 0.717) is 10.7 Å². The van der Waals surface area contributed by atoms with Crippen LogP contribution in [0, 0.1) is 10.1 Å². The monoisotopic (exact) mass is 433 g/mol. The minimum Gasteiger partial charge on any atom is -1.00 e. The summed E-state index contributed by atoms with van der Waals surface area (Å²) in [5, 5.41) is 11.4. The van der Waals surface area contributed by atoms with Crippen LogP contribution >= 0.6 is 11.6 Å². The van der Waals surface area contributed by atoms with Crippen molar-refractivity contribution >= 4 is 23.1 Å². The third-order valence-electron chi connectivity index (χ3n) is 3.62. The fourth-order valence-corrected chi connectivity index (χ4v) is 2.59. The quantitative estimate of drug-likeness (QED) is 0.253. The Morgan fingerprint density at radius 3 is 2.58 bits per heavy atom. The van der Waals surface area contributed by atoms with E-state index in [-0.39, 0.29) is 40.6 Å². The molecule has 0 saturated carbocycles. The van der Waals surface area contributed by atoms with Gasteiger partial charge in [-0.1, -0.05) is 35.9 Å². The molecule has 0 bridgehead atoms. The average Bonchev–Trinajstić information content (AvgIpc) is 2.63. The molecule has 0 spiro atoms. The number of aromatic nitrogens is 2. The van der Waals surface area contributed by atoms with Gasteiger partial charge in [-0.05, 0) is 17.1 Å². The van der Waals surface area contributed by atoms with E-state index in [0.717, 1.165) is 5.56 Å². The number of carbonyl (C=O) groups excluding carboxylic acids is 1. The lowest BCUT2D eigenvalue weighted by molar-refractivity contribution is -0.686. The maximum atomic E-state index is 12.3. The number of carbonyl (C=O) groups is 1. The maximum absolute atomic E-state index is 12.3. The van der Waals surface area contributed by atoms with Gasteiger partial charge in [0.2, 0.25) is 5.78 Å². The molecule has 1 heterocycles. The minimum absolute atomic E-state index is 0. The molecule has 2 aromatic carbocycles. The first-order valence-electron chi connectivity index (χ1n) is 7.42. The molecule has 26 heavy (non-hydrogen) atoms. The summed E-state index contributed by atoms with van der Waals surface area (Å²) < 4.78 is 1.61. The van der Waals surface area contributed by atoms with Crippen molar-refractivity contribution in [3.63, 3.8) is 0 Å². The van der Waals surface area contributed by atoms with Gasteiger partial charge < -0.3 is 17.0 Å². The van der Waals surface area contributed by atoms with Crippen LogP contribution in [0.15, 0.2) is 67.1 Å². The summed E-state index contributed by atoms with van der Waals surface area (Å²) in [6, 6.07) is 14.8. The van der Waals surface area contributed by atoms with Gasteiger partial charge >= 0.3 is 0 Å². The van der Waals surface area contributed by atoms with E-state index >= 15 is 0 Å². The second kappa shape index (κ2) is 8.64. The lowest BCUT2D eigenvalue weighted by atomic mass is 10.1. The highest BCUT2D eigenvalue weighted by atomic mass is 79.9. The predicted molar refractivity (Wildman–Crippen MR) is 92.3 cm³/mol. The number of hydrogen-bond donors (Lipinski definition) is 0. The number of nitro groups is 1. The Labute approximate surface area is 165 Å². The molecule has 6 nitrogen and oxygen atoms in total. The first kappa shape index (κ1) is 19.7. The standard InChI is InChI=1S/C18H13ClN3O3.BrH/c19-16-7-2-1-6-15(16)17-8-9-21(12-20-17)11-18(23)13-4-3-5-14(10-13)22(24)25;/h1-10,12H,11H2;1H/q+1;/p-1. The van der Waals surface area contributed by atoms with Gasteiger partial charge in [0, 0.05) is 29.3 Å². The number of hydrogen-bond acceptors (Lipinski definition) is 4. The summed E-state index contributed by atoms with van der Waals surface area (Å²) in [6.07, 6.45) is 3.26. The van der Waals surface area contributed by atoms with E-state index in [1.165, 1.54) is 24.5 Å². The van der Waals surface area contributed by atoms with E-state index < -0.39 is 4.92 Å². The highest BCUT2D eigenvalue weighted by molar-refractivity contribution is 6.33. The molecular weight excluding hydrogens is 422 g/mol. The SMILES string of the molecule is O=C(C[n+]1ccc(-c2ccccc2Cl)nc1)c1cccc([N+](=O)[O-])c1.[Br-]. The van der Waals surface area contributed by atoms with Crippen LogP contribution in [-0.4, -0.2) is 15.7 Å². The van der Waals surface area contributed by atoms with Crippen LogP contribution in [0.5, 0.6) is 0 Å². The number of ketones is 1. The van der Waals surface area contributed by atoms with Crippen LogP contribution in [0.4, 0.5) is 5.69 Å². The highest BCUT2D eigenvalue weighted by Crippen LogP contribution is 2.24. The van der Waals surface area contributed by atoms with E-state index in [1.54, 1.807) is 29.0 Å². The topological polar surface area (TPSA) is 77.0 Å². The van der Waals surface area contributed by atoms with Crippen LogP contribution in [0.3, 0.4) is 0 Å². The van der Waals surface area contributed by atoms with Gasteiger partial charge in [0.1, 0.15) is 0 Å². The van der Waals surface area contributed by atoms with Gasteiger partial charge in [-0.15, -0.1) is 0 Å². The summed E-state index contributed by atoms with van der Waals surface area (Å²) in [7, 11) is 0. The fraction of sp³-hybridized carbons (Fsp3) is 0.0556. The van der Waals surface area contributed by atoms with E-state index in [2.05, 4.69) is 4.98 Å². The number of benzene rings is 2. The van der Waals surface area contributed by atoms with Crippen molar-refractivity contribution in [3.05, 3.63) is 87.8 Å². The Hall–Kier alpha value is -2.64. The van der Waals surface area contributed by atoms with Gasteiger partial charge in [0.05, 0.1) is 16.1 Å². The smallest absolute Gasteiger partial charge is 0.287 e. The molecule has 0 saturated heterocycles. The first-order chi connectivity index (χ1) is 12.0. The van der Waals surface area contributed by atoms with Gasteiger partial charge in [-0.2, -0.15) is 0 Å². The molecule has 0 fully saturated rings. The third kappa shape index (κ3) is 4.50. The molecule has 0 atom stereocenters. The largest absolute Gasteiger partial charge is 1.00 e. The molecule has 3 aromatic rings. The number of rotatable bonds is 5. The summed E-state index contributed by atoms with van der Waals surface area (Å²) in [4.78, 5) is 26.9. The lowest BCUT2D eigenvalue weighted by Gasteiger charge is -2.02. The number of Topliss-reactive ketones (excluding diaryl/α,β-unsaturated/α-hetero) is 1. The molecule has 3 rings (SSSR count). The fourth-order valence-electron chi connectivity index (χ4n) is 2.36. The maximum Gasteiger partial charge on any atom is 0.287 e. The Kier molecular flexibility index (Phi) is 6.54. The molecule has 0 aliphatic heterocycles. The molecule has 0 aliphatic rings. The Morgan fingerprint density at radius 1 is 1.15 bits per heavy atom. The number of non-ortho nitro benzene ring substituents is 1. The van der Waals surface area contributed by atoms with E-state index in [1.807, 2.05) is 18.2 Å². The van der Waals surface area contributed by atoms with Crippen LogP contribution in [0.1, 0.15) is 10.4 Å². The zero-order chi connectivity index (χ0) is 17.8. The third-order valence-corrected chi connectivity index (χ3v) is 3.95.